The molecule has 1 saturated heterocycles. The van der Waals surface area contributed by atoms with Crippen LogP contribution in [0.2, 0.25) is 0 Å². The number of benzene rings is 1. The van der Waals surface area contributed by atoms with Gasteiger partial charge < -0.3 is 15.1 Å². The molecule has 134 valence electrons. The Morgan fingerprint density at radius 2 is 1.81 bits per heavy atom. The summed E-state index contributed by atoms with van der Waals surface area (Å²) in [6, 6.07) is 8.71. The molecule has 0 radical (unpaired) electrons. The van der Waals surface area contributed by atoms with Crippen molar-refractivity contribution in [2.75, 3.05) is 43.4 Å². The Morgan fingerprint density at radius 1 is 1.00 bits per heavy atom. The summed E-state index contributed by atoms with van der Waals surface area (Å²) in [6.45, 7) is 4.41. The lowest BCUT2D eigenvalue weighted by Gasteiger charge is -2.34. The minimum absolute atomic E-state index is 0.669. The molecule has 1 aromatic carbocycles. The van der Waals surface area contributed by atoms with Gasteiger partial charge in [-0.05, 0) is 50.6 Å². The first-order chi connectivity index (χ1) is 12.8. The second-order valence-corrected chi connectivity index (χ2v) is 7.17. The fourth-order valence-corrected chi connectivity index (χ4v) is 3.91. The predicted octanol–water partition coefficient (Wildman–Crippen LogP) is 2.11. The molecule has 5 rings (SSSR count). The highest BCUT2D eigenvalue weighted by Gasteiger charge is 2.21. The van der Waals surface area contributed by atoms with Gasteiger partial charge in [0.1, 0.15) is 12.1 Å². The maximum atomic E-state index is 4.64. The maximum absolute atomic E-state index is 4.64. The zero-order chi connectivity index (χ0) is 17.5. The molecule has 7 nitrogen and oxygen atoms in total. The Kier molecular flexibility index (Phi) is 3.74. The van der Waals surface area contributed by atoms with Gasteiger partial charge in [-0.3, -0.25) is 0 Å². The van der Waals surface area contributed by atoms with Gasteiger partial charge in [0.15, 0.2) is 0 Å². The SMILES string of the molecule is CN1CCN(c2ccc(Nc3c4c(nc5ncnn35)CCC4)cc2)CC1. The highest BCUT2D eigenvalue weighted by atomic mass is 15.4. The topological polar surface area (TPSA) is 61.6 Å². The van der Waals surface area contributed by atoms with E-state index in [9.17, 15) is 0 Å². The summed E-state index contributed by atoms with van der Waals surface area (Å²) >= 11 is 0. The summed E-state index contributed by atoms with van der Waals surface area (Å²) in [7, 11) is 2.18. The van der Waals surface area contributed by atoms with Crippen molar-refractivity contribution in [3.8, 4) is 0 Å². The van der Waals surface area contributed by atoms with Crippen LogP contribution in [0.25, 0.3) is 5.78 Å². The number of aryl methyl sites for hydroxylation is 1. The Hall–Kier alpha value is -2.67. The Balaban J connectivity index is 1.42. The van der Waals surface area contributed by atoms with Gasteiger partial charge in [0.2, 0.25) is 0 Å². The Morgan fingerprint density at radius 3 is 2.62 bits per heavy atom. The standard InChI is InChI=1S/C19H23N7/c1-24-9-11-25(12-10-24)15-7-5-14(6-8-15)22-18-16-3-2-4-17(16)23-19-20-13-21-26(18)19/h5-8,13,22H,2-4,9-12H2,1H3. The van der Waals surface area contributed by atoms with Crippen molar-refractivity contribution in [3.63, 3.8) is 0 Å². The molecule has 0 unspecified atom stereocenters. The molecule has 3 heterocycles. The van der Waals surface area contributed by atoms with E-state index in [1.165, 1.54) is 11.3 Å². The summed E-state index contributed by atoms with van der Waals surface area (Å²) in [5.41, 5.74) is 4.78. The molecular formula is C19H23N7. The van der Waals surface area contributed by atoms with Crippen LogP contribution in [0.4, 0.5) is 17.2 Å². The molecule has 1 aliphatic carbocycles. The molecule has 0 spiro atoms. The van der Waals surface area contributed by atoms with Gasteiger partial charge in [-0.15, -0.1) is 0 Å². The summed E-state index contributed by atoms with van der Waals surface area (Å²) < 4.78 is 1.82. The highest BCUT2D eigenvalue weighted by Crippen LogP contribution is 2.30. The van der Waals surface area contributed by atoms with Gasteiger partial charge in [-0.2, -0.15) is 14.6 Å². The zero-order valence-corrected chi connectivity index (χ0v) is 15.0. The zero-order valence-electron chi connectivity index (χ0n) is 15.0. The third kappa shape index (κ3) is 2.68. The lowest BCUT2D eigenvalue weighted by Crippen LogP contribution is -2.44. The monoisotopic (exact) mass is 349 g/mol. The smallest absolute Gasteiger partial charge is 0.254 e. The average Bonchev–Trinajstić information content (AvgIpc) is 3.32. The number of anilines is 3. The number of likely N-dealkylation sites (N-methyl/N-ethyl adjacent to an activating group) is 1. The minimum Gasteiger partial charge on any atom is -0.369 e. The van der Waals surface area contributed by atoms with E-state index in [2.05, 4.69) is 61.5 Å². The molecule has 26 heavy (non-hydrogen) atoms. The first-order valence-corrected chi connectivity index (χ1v) is 9.30. The number of nitrogens with zero attached hydrogens (tertiary/aromatic N) is 6. The van der Waals surface area contributed by atoms with Crippen LogP contribution in [0, 0.1) is 0 Å². The third-order valence-electron chi connectivity index (χ3n) is 5.45. The summed E-state index contributed by atoms with van der Waals surface area (Å²) in [5, 5.41) is 7.92. The third-order valence-corrected chi connectivity index (χ3v) is 5.45. The van der Waals surface area contributed by atoms with Crippen LogP contribution in [-0.4, -0.2) is 57.7 Å². The van der Waals surface area contributed by atoms with E-state index >= 15 is 0 Å². The number of piperazine rings is 1. The lowest BCUT2D eigenvalue weighted by molar-refractivity contribution is 0.313. The van der Waals surface area contributed by atoms with Crippen molar-refractivity contribution >= 4 is 23.0 Å². The minimum atomic E-state index is 0.669. The van der Waals surface area contributed by atoms with E-state index in [1.807, 2.05) is 4.52 Å². The first-order valence-electron chi connectivity index (χ1n) is 9.30. The van der Waals surface area contributed by atoms with Gasteiger partial charge in [-0.25, -0.2) is 4.98 Å². The fourth-order valence-electron chi connectivity index (χ4n) is 3.91. The Labute approximate surface area is 152 Å². The molecular weight excluding hydrogens is 326 g/mol. The summed E-state index contributed by atoms with van der Waals surface area (Å²) in [6.07, 6.45) is 4.78. The second kappa shape index (κ2) is 6.25. The fraction of sp³-hybridized carbons (Fsp3) is 0.421. The largest absolute Gasteiger partial charge is 0.369 e. The van der Waals surface area contributed by atoms with E-state index < -0.39 is 0 Å². The molecule has 7 heteroatoms. The number of hydrogen-bond donors (Lipinski definition) is 1. The highest BCUT2D eigenvalue weighted by molar-refractivity contribution is 5.65. The van der Waals surface area contributed by atoms with E-state index in [1.54, 1.807) is 6.33 Å². The normalized spacial score (nSPS) is 17.7. The van der Waals surface area contributed by atoms with E-state index in [0.717, 1.165) is 62.6 Å². The van der Waals surface area contributed by atoms with E-state index in [4.69, 9.17) is 0 Å². The molecule has 1 aliphatic heterocycles. The van der Waals surface area contributed by atoms with Crippen molar-refractivity contribution < 1.29 is 0 Å². The second-order valence-electron chi connectivity index (χ2n) is 7.17. The van der Waals surface area contributed by atoms with Crippen molar-refractivity contribution in [2.45, 2.75) is 19.3 Å². The van der Waals surface area contributed by atoms with Gasteiger partial charge in [-0.1, -0.05) is 0 Å². The molecule has 0 bridgehead atoms. The molecule has 1 fully saturated rings. The van der Waals surface area contributed by atoms with Crippen molar-refractivity contribution in [2.24, 2.45) is 0 Å². The number of rotatable bonds is 3. The molecule has 1 N–H and O–H groups in total. The van der Waals surface area contributed by atoms with Crippen LogP contribution >= 0.6 is 0 Å². The maximum Gasteiger partial charge on any atom is 0.254 e. The number of fused-ring (bicyclic) bond motifs is 2. The van der Waals surface area contributed by atoms with Gasteiger partial charge in [0.25, 0.3) is 5.78 Å². The first kappa shape index (κ1) is 15.6. The van der Waals surface area contributed by atoms with Crippen LogP contribution in [-0.2, 0) is 12.8 Å². The molecule has 0 saturated carbocycles. The average molecular weight is 349 g/mol. The van der Waals surface area contributed by atoms with Crippen LogP contribution in [0.1, 0.15) is 17.7 Å². The van der Waals surface area contributed by atoms with Crippen LogP contribution in [0.15, 0.2) is 30.6 Å². The Bertz CT molecular complexity index is 923. The van der Waals surface area contributed by atoms with E-state index in [-0.39, 0.29) is 0 Å². The summed E-state index contributed by atoms with van der Waals surface area (Å²) in [4.78, 5) is 13.7. The molecule has 2 aliphatic rings. The molecule has 2 aromatic heterocycles. The van der Waals surface area contributed by atoms with Crippen molar-refractivity contribution in [1.29, 1.82) is 0 Å². The predicted molar refractivity (Wildman–Crippen MR) is 102 cm³/mol. The lowest BCUT2D eigenvalue weighted by atomic mass is 10.2. The van der Waals surface area contributed by atoms with Crippen molar-refractivity contribution in [3.05, 3.63) is 41.9 Å². The van der Waals surface area contributed by atoms with Crippen molar-refractivity contribution in [1.82, 2.24) is 24.5 Å². The van der Waals surface area contributed by atoms with Gasteiger partial charge in [0.05, 0.1) is 5.69 Å². The van der Waals surface area contributed by atoms with Crippen LogP contribution in [0.3, 0.4) is 0 Å². The molecule has 0 amide bonds. The van der Waals surface area contributed by atoms with Crippen LogP contribution in [0.5, 0.6) is 0 Å². The van der Waals surface area contributed by atoms with Gasteiger partial charge in [0, 0.05) is 43.1 Å². The summed E-state index contributed by atoms with van der Waals surface area (Å²) in [5.74, 6) is 1.68. The van der Waals surface area contributed by atoms with Crippen LogP contribution < -0.4 is 10.2 Å². The number of hydrogen-bond acceptors (Lipinski definition) is 6. The quantitative estimate of drug-likeness (QED) is 0.781. The van der Waals surface area contributed by atoms with E-state index in [0.29, 0.717) is 5.78 Å². The molecule has 3 aromatic rings. The number of nitrogens with one attached hydrogen (secondary N) is 1. The number of aromatic nitrogens is 4. The van der Waals surface area contributed by atoms with Gasteiger partial charge >= 0.3 is 0 Å². The molecule has 0 atom stereocenters.